The summed E-state index contributed by atoms with van der Waals surface area (Å²) in [4.78, 5) is 0. The monoisotopic (exact) mass is 242 g/mol. The average molecular weight is 242 g/mol. The molecule has 0 saturated carbocycles. The van der Waals surface area contributed by atoms with Crippen molar-refractivity contribution >= 4 is 11.4 Å². The number of para-hydroxylation sites is 1. The Morgan fingerprint density at radius 3 is 2.50 bits per heavy atom. The molecular weight excluding hydrogens is 231 g/mol. The number of anilines is 2. The van der Waals surface area contributed by atoms with Crippen LogP contribution >= 0.6 is 0 Å². The standard InChI is InChI=1S/C14H11FN2O/c1-18-14-10(9-16)3-2-4-13(14)17-12-7-5-11(15)6-8-12/h2-8,17H,1H3. The number of nitrogens with zero attached hydrogens (tertiary/aromatic N) is 1. The summed E-state index contributed by atoms with van der Waals surface area (Å²) in [6.07, 6.45) is 0. The molecule has 18 heavy (non-hydrogen) atoms. The van der Waals surface area contributed by atoms with Crippen LogP contribution in [0.15, 0.2) is 42.5 Å². The van der Waals surface area contributed by atoms with Crippen LogP contribution in [-0.2, 0) is 0 Å². The van der Waals surface area contributed by atoms with Crippen LogP contribution in [-0.4, -0.2) is 7.11 Å². The average Bonchev–Trinajstić information content (AvgIpc) is 2.41. The fraction of sp³-hybridized carbons (Fsp3) is 0.0714. The Morgan fingerprint density at radius 2 is 1.89 bits per heavy atom. The third kappa shape index (κ3) is 2.41. The van der Waals surface area contributed by atoms with Gasteiger partial charge in [0, 0.05) is 5.69 Å². The Balaban J connectivity index is 2.34. The van der Waals surface area contributed by atoms with E-state index in [2.05, 4.69) is 11.4 Å². The molecule has 0 saturated heterocycles. The fourth-order valence-electron chi connectivity index (χ4n) is 1.63. The van der Waals surface area contributed by atoms with E-state index in [-0.39, 0.29) is 5.82 Å². The van der Waals surface area contributed by atoms with Crippen LogP contribution in [0.25, 0.3) is 0 Å². The van der Waals surface area contributed by atoms with Gasteiger partial charge in [-0.25, -0.2) is 4.39 Å². The van der Waals surface area contributed by atoms with Crippen LogP contribution in [0.1, 0.15) is 5.56 Å². The second-order valence-electron chi connectivity index (χ2n) is 3.63. The number of hydrogen-bond acceptors (Lipinski definition) is 3. The molecule has 0 aliphatic carbocycles. The minimum atomic E-state index is -0.293. The van der Waals surface area contributed by atoms with E-state index in [4.69, 9.17) is 10.00 Å². The Morgan fingerprint density at radius 1 is 1.17 bits per heavy atom. The minimum Gasteiger partial charge on any atom is -0.493 e. The van der Waals surface area contributed by atoms with E-state index in [0.29, 0.717) is 17.0 Å². The molecule has 0 aromatic heterocycles. The molecule has 0 amide bonds. The van der Waals surface area contributed by atoms with Gasteiger partial charge in [0.2, 0.25) is 0 Å². The number of halogens is 1. The third-order valence-electron chi connectivity index (χ3n) is 2.46. The van der Waals surface area contributed by atoms with E-state index in [1.165, 1.54) is 19.2 Å². The van der Waals surface area contributed by atoms with Crippen LogP contribution in [0.5, 0.6) is 5.75 Å². The number of benzene rings is 2. The Labute approximate surface area is 104 Å². The number of methoxy groups -OCH3 is 1. The topological polar surface area (TPSA) is 45.0 Å². The van der Waals surface area contributed by atoms with Crippen LogP contribution in [0.4, 0.5) is 15.8 Å². The minimum absolute atomic E-state index is 0.293. The quantitative estimate of drug-likeness (QED) is 0.896. The second-order valence-corrected chi connectivity index (χ2v) is 3.63. The lowest BCUT2D eigenvalue weighted by Crippen LogP contribution is -1.96. The Hall–Kier alpha value is -2.54. The van der Waals surface area contributed by atoms with Crippen molar-refractivity contribution in [3.05, 3.63) is 53.8 Å². The van der Waals surface area contributed by atoms with Gasteiger partial charge >= 0.3 is 0 Å². The first kappa shape index (κ1) is 11.9. The highest BCUT2D eigenvalue weighted by Crippen LogP contribution is 2.30. The van der Waals surface area contributed by atoms with Gasteiger partial charge in [0.05, 0.1) is 18.4 Å². The molecule has 2 aromatic rings. The predicted octanol–water partition coefficient (Wildman–Crippen LogP) is 3.45. The first-order valence-corrected chi connectivity index (χ1v) is 5.34. The van der Waals surface area contributed by atoms with E-state index >= 15 is 0 Å². The van der Waals surface area contributed by atoms with Crippen molar-refractivity contribution in [2.75, 3.05) is 12.4 Å². The van der Waals surface area contributed by atoms with Gasteiger partial charge in [-0.05, 0) is 36.4 Å². The van der Waals surface area contributed by atoms with Gasteiger partial charge in [-0.3, -0.25) is 0 Å². The van der Waals surface area contributed by atoms with Crippen LogP contribution in [0.2, 0.25) is 0 Å². The number of rotatable bonds is 3. The van der Waals surface area contributed by atoms with E-state index in [9.17, 15) is 4.39 Å². The van der Waals surface area contributed by atoms with Gasteiger partial charge in [0.25, 0.3) is 0 Å². The lowest BCUT2D eigenvalue weighted by atomic mass is 10.2. The number of nitrogens with one attached hydrogen (secondary N) is 1. The summed E-state index contributed by atoms with van der Waals surface area (Å²) in [5.41, 5.74) is 1.84. The van der Waals surface area contributed by atoms with E-state index in [1.807, 2.05) is 0 Å². The Kier molecular flexibility index (Phi) is 3.44. The summed E-state index contributed by atoms with van der Waals surface area (Å²) in [5.74, 6) is 0.183. The van der Waals surface area contributed by atoms with Gasteiger partial charge in [-0.1, -0.05) is 6.07 Å². The molecule has 0 atom stereocenters. The lowest BCUT2D eigenvalue weighted by Gasteiger charge is -2.12. The van der Waals surface area contributed by atoms with Crippen LogP contribution < -0.4 is 10.1 Å². The summed E-state index contributed by atoms with van der Waals surface area (Å²) in [5, 5.41) is 12.1. The van der Waals surface area contributed by atoms with Crippen molar-refractivity contribution in [2.45, 2.75) is 0 Å². The normalized spacial score (nSPS) is 9.61. The van der Waals surface area contributed by atoms with Crippen molar-refractivity contribution in [3.63, 3.8) is 0 Å². The molecule has 0 spiro atoms. The molecule has 0 aliphatic heterocycles. The number of ether oxygens (including phenoxy) is 1. The van der Waals surface area contributed by atoms with Crippen molar-refractivity contribution in [1.29, 1.82) is 5.26 Å². The summed E-state index contributed by atoms with van der Waals surface area (Å²) in [6.45, 7) is 0. The molecule has 4 heteroatoms. The van der Waals surface area contributed by atoms with Gasteiger partial charge in [0.1, 0.15) is 11.9 Å². The SMILES string of the molecule is COc1c(C#N)cccc1Nc1ccc(F)cc1. The van der Waals surface area contributed by atoms with Crippen molar-refractivity contribution < 1.29 is 9.13 Å². The second kappa shape index (κ2) is 5.19. The van der Waals surface area contributed by atoms with E-state index in [1.54, 1.807) is 30.3 Å². The first-order valence-electron chi connectivity index (χ1n) is 5.34. The Bertz CT molecular complexity index is 588. The molecule has 0 heterocycles. The zero-order valence-electron chi connectivity index (χ0n) is 9.77. The molecular formula is C14H11FN2O. The van der Waals surface area contributed by atoms with Gasteiger partial charge in [-0.2, -0.15) is 5.26 Å². The molecule has 1 N–H and O–H groups in total. The maximum atomic E-state index is 12.8. The summed E-state index contributed by atoms with van der Waals surface area (Å²) in [7, 11) is 1.51. The zero-order valence-corrected chi connectivity index (χ0v) is 9.77. The molecule has 0 aliphatic rings. The predicted molar refractivity (Wildman–Crippen MR) is 67.4 cm³/mol. The fourth-order valence-corrected chi connectivity index (χ4v) is 1.63. The van der Waals surface area contributed by atoms with Crippen molar-refractivity contribution in [1.82, 2.24) is 0 Å². The smallest absolute Gasteiger partial charge is 0.160 e. The highest BCUT2D eigenvalue weighted by Gasteiger charge is 2.08. The van der Waals surface area contributed by atoms with E-state index < -0.39 is 0 Å². The zero-order chi connectivity index (χ0) is 13.0. The molecule has 0 unspecified atom stereocenters. The summed E-state index contributed by atoms with van der Waals surface area (Å²) < 4.78 is 18.0. The van der Waals surface area contributed by atoms with E-state index in [0.717, 1.165) is 5.69 Å². The van der Waals surface area contributed by atoms with Gasteiger partial charge < -0.3 is 10.1 Å². The molecule has 0 fully saturated rings. The molecule has 3 nitrogen and oxygen atoms in total. The molecule has 0 radical (unpaired) electrons. The van der Waals surface area contributed by atoms with Crippen LogP contribution in [0.3, 0.4) is 0 Å². The molecule has 0 bridgehead atoms. The van der Waals surface area contributed by atoms with Crippen molar-refractivity contribution in [2.24, 2.45) is 0 Å². The van der Waals surface area contributed by atoms with Gasteiger partial charge in [0.15, 0.2) is 5.75 Å². The van der Waals surface area contributed by atoms with Gasteiger partial charge in [-0.15, -0.1) is 0 Å². The highest BCUT2D eigenvalue weighted by atomic mass is 19.1. The maximum absolute atomic E-state index is 12.8. The highest BCUT2D eigenvalue weighted by molar-refractivity contribution is 5.70. The molecule has 2 rings (SSSR count). The third-order valence-corrected chi connectivity index (χ3v) is 2.46. The molecule has 90 valence electrons. The summed E-state index contributed by atoms with van der Waals surface area (Å²) in [6, 6.07) is 13.2. The maximum Gasteiger partial charge on any atom is 0.160 e. The molecule has 2 aromatic carbocycles. The number of nitriles is 1. The number of hydrogen-bond donors (Lipinski definition) is 1. The van der Waals surface area contributed by atoms with Crippen molar-refractivity contribution in [3.8, 4) is 11.8 Å². The van der Waals surface area contributed by atoms with Crippen LogP contribution in [0, 0.1) is 17.1 Å². The summed E-state index contributed by atoms with van der Waals surface area (Å²) >= 11 is 0. The largest absolute Gasteiger partial charge is 0.493 e. The first-order chi connectivity index (χ1) is 8.74. The lowest BCUT2D eigenvalue weighted by molar-refractivity contribution is 0.415.